The maximum atomic E-state index is 9.60. The fourth-order valence-corrected chi connectivity index (χ4v) is 2.42. The van der Waals surface area contributed by atoms with Gasteiger partial charge < -0.3 is 13.9 Å². The van der Waals surface area contributed by atoms with Gasteiger partial charge in [0.15, 0.2) is 0 Å². The first kappa shape index (κ1) is 10.4. The van der Waals surface area contributed by atoms with Gasteiger partial charge in [0.25, 0.3) is 0 Å². The lowest BCUT2D eigenvalue weighted by Gasteiger charge is -2.08. The molecule has 2 heterocycles. The Kier molecular flexibility index (Phi) is 2.23. The summed E-state index contributed by atoms with van der Waals surface area (Å²) in [6.45, 7) is 3.80. The molecule has 2 aromatic heterocycles. The van der Waals surface area contributed by atoms with Gasteiger partial charge in [0.05, 0.1) is 18.6 Å². The van der Waals surface area contributed by atoms with Crippen LogP contribution in [0.2, 0.25) is 0 Å². The van der Waals surface area contributed by atoms with Crippen LogP contribution in [0.3, 0.4) is 0 Å². The van der Waals surface area contributed by atoms with Gasteiger partial charge in [-0.05, 0) is 26.0 Å². The van der Waals surface area contributed by atoms with Crippen LogP contribution in [-0.4, -0.2) is 11.2 Å². The highest BCUT2D eigenvalue weighted by atomic mass is 16.3. The number of aliphatic hydroxyl groups excluding tert-OH is 1. The lowest BCUT2D eigenvalue weighted by Crippen LogP contribution is -2.05. The van der Waals surface area contributed by atoms with E-state index >= 15 is 0 Å². The van der Waals surface area contributed by atoms with Crippen molar-refractivity contribution in [2.45, 2.75) is 26.4 Å². The molecule has 0 spiro atoms. The first-order valence-corrected chi connectivity index (χ1v) is 5.72. The third-order valence-electron chi connectivity index (χ3n) is 3.17. The van der Waals surface area contributed by atoms with E-state index in [1.54, 1.807) is 19.5 Å². The van der Waals surface area contributed by atoms with E-state index in [-0.39, 0.29) is 0 Å². The number of hydrogen-bond donors (Lipinski definition) is 1. The van der Waals surface area contributed by atoms with E-state index in [2.05, 4.69) is 0 Å². The SMILES string of the molecule is Cc1c2ccoc2c(CC(C)O)c2ccoc12. The summed E-state index contributed by atoms with van der Waals surface area (Å²) < 4.78 is 11.1. The van der Waals surface area contributed by atoms with Gasteiger partial charge in [0, 0.05) is 28.3 Å². The molecule has 3 rings (SSSR count). The van der Waals surface area contributed by atoms with Crippen molar-refractivity contribution in [3.63, 3.8) is 0 Å². The predicted octanol–water partition coefficient (Wildman–Crippen LogP) is 3.41. The maximum absolute atomic E-state index is 9.60. The summed E-state index contributed by atoms with van der Waals surface area (Å²) in [4.78, 5) is 0. The molecule has 0 fully saturated rings. The molecule has 0 aliphatic rings. The molecule has 1 unspecified atom stereocenters. The number of rotatable bonds is 2. The van der Waals surface area contributed by atoms with Crippen LogP contribution in [0.1, 0.15) is 18.1 Å². The molecule has 3 heteroatoms. The van der Waals surface area contributed by atoms with E-state index in [1.165, 1.54) is 0 Å². The molecular weight excluding hydrogens is 216 g/mol. The second-order valence-electron chi connectivity index (χ2n) is 4.48. The van der Waals surface area contributed by atoms with E-state index in [4.69, 9.17) is 8.83 Å². The fourth-order valence-electron chi connectivity index (χ4n) is 2.42. The van der Waals surface area contributed by atoms with Crippen molar-refractivity contribution < 1.29 is 13.9 Å². The second-order valence-corrected chi connectivity index (χ2v) is 4.48. The van der Waals surface area contributed by atoms with E-state index in [9.17, 15) is 5.11 Å². The summed E-state index contributed by atoms with van der Waals surface area (Å²) in [5.74, 6) is 0. The number of aliphatic hydroxyl groups is 1. The Morgan fingerprint density at radius 2 is 1.76 bits per heavy atom. The summed E-state index contributed by atoms with van der Waals surface area (Å²) in [5.41, 5.74) is 3.85. The Labute approximate surface area is 98.6 Å². The monoisotopic (exact) mass is 230 g/mol. The van der Waals surface area contributed by atoms with Crippen LogP contribution in [0, 0.1) is 6.92 Å². The highest BCUT2D eigenvalue weighted by molar-refractivity contribution is 6.01. The quantitative estimate of drug-likeness (QED) is 0.733. The molecule has 1 N–H and O–H groups in total. The van der Waals surface area contributed by atoms with Crippen molar-refractivity contribution in [1.82, 2.24) is 0 Å². The molecular formula is C14H14O3. The molecule has 17 heavy (non-hydrogen) atoms. The van der Waals surface area contributed by atoms with Gasteiger partial charge in [0.2, 0.25) is 0 Å². The van der Waals surface area contributed by atoms with Gasteiger partial charge in [-0.3, -0.25) is 0 Å². The van der Waals surface area contributed by atoms with Crippen molar-refractivity contribution >= 4 is 21.9 Å². The van der Waals surface area contributed by atoms with Crippen LogP contribution < -0.4 is 0 Å². The second kappa shape index (κ2) is 3.64. The van der Waals surface area contributed by atoms with Crippen LogP contribution in [-0.2, 0) is 6.42 Å². The lowest BCUT2D eigenvalue weighted by molar-refractivity contribution is 0.196. The summed E-state index contributed by atoms with van der Waals surface area (Å²) in [5, 5.41) is 11.7. The molecule has 1 aromatic carbocycles. The minimum Gasteiger partial charge on any atom is -0.464 e. The average Bonchev–Trinajstić information content (AvgIpc) is 2.92. The van der Waals surface area contributed by atoms with Crippen molar-refractivity contribution in [2.24, 2.45) is 0 Å². The van der Waals surface area contributed by atoms with Gasteiger partial charge in [-0.2, -0.15) is 0 Å². The predicted molar refractivity (Wildman–Crippen MR) is 66.1 cm³/mol. The lowest BCUT2D eigenvalue weighted by atomic mass is 9.98. The largest absolute Gasteiger partial charge is 0.464 e. The Bertz CT molecular complexity index is 621. The smallest absolute Gasteiger partial charge is 0.138 e. The van der Waals surface area contributed by atoms with Crippen LogP contribution in [0.25, 0.3) is 21.9 Å². The average molecular weight is 230 g/mol. The Morgan fingerprint density at radius 3 is 2.47 bits per heavy atom. The summed E-state index contributed by atoms with van der Waals surface area (Å²) >= 11 is 0. The van der Waals surface area contributed by atoms with Gasteiger partial charge in [-0.1, -0.05) is 0 Å². The number of hydrogen-bond acceptors (Lipinski definition) is 3. The highest BCUT2D eigenvalue weighted by Gasteiger charge is 2.17. The molecule has 3 nitrogen and oxygen atoms in total. The first-order valence-electron chi connectivity index (χ1n) is 5.72. The summed E-state index contributed by atoms with van der Waals surface area (Å²) in [6.07, 6.45) is 3.54. The maximum Gasteiger partial charge on any atom is 0.138 e. The summed E-state index contributed by atoms with van der Waals surface area (Å²) in [6, 6.07) is 3.88. The van der Waals surface area contributed by atoms with Crippen LogP contribution in [0.5, 0.6) is 0 Å². The molecule has 1 atom stereocenters. The minimum atomic E-state index is -0.399. The van der Waals surface area contributed by atoms with Crippen molar-refractivity contribution in [3.8, 4) is 0 Å². The highest BCUT2D eigenvalue weighted by Crippen LogP contribution is 2.34. The number of aryl methyl sites for hydroxylation is 1. The normalized spacial score (nSPS) is 13.6. The zero-order valence-corrected chi connectivity index (χ0v) is 9.86. The number of fused-ring (bicyclic) bond motifs is 2. The fraction of sp³-hybridized carbons (Fsp3) is 0.286. The standard InChI is InChI=1S/C14H14O3/c1-8(15)7-12-11-4-6-16-13(11)9(2)10-3-5-17-14(10)12/h3-6,8,15H,7H2,1-2H3. The molecule has 0 amide bonds. The van der Waals surface area contributed by atoms with Crippen molar-refractivity contribution in [1.29, 1.82) is 0 Å². The van der Waals surface area contributed by atoms with Gasteiger partial charge in [0.1, 0.15) is 11.2 Å². The number of benzene rings is 1. The first-order chi connectivity index (χ1) is 8.18. The van der Waals surface area contributed by atoms with Crippen LogP contribution >= 0.6 is 0 Å². The van der Waals surface area contributed by atoms with Gasteiger partial charge in [-0.15, -0.1) is 0 Å². The van der Waals surface area contributed by atoms with Crippen molar-refractivity contribution in [2.75, 3.05) is 0 Å². The van der Waals surface area contributed by atoms with Crippen LogP contribution in [0.4, 0.5) is 0 Å². The van der Waals surface area contributed by atoms with Gasteiger partial charge >= 0.3 is 0 Å². The van der Waals surface area contributed by atoms with E-state index in [0.29, 0.717) is 6.42 Å². The molecule has 0 radical (unpaired) electrons. The molecule has 0 saturated heterocycles. The Morgan fingerprint density at radius 1 is 1.12 bits per heavy atom. The van der Waals surface area contributed by atoms with E-state index in [0.717, 1.165) is 33.1 Å². The van der Waals surface area contributed by atoms with Crippen LogP contribution in [0.15, 0.2) is 33.5 Å². The molecule has 88 valence electrons. The molecule has 0 saturated carbocycles. The Balaban J connectivity index is 2.43. The van der Waals surface area contributed by atoms with E-state index in [1.807, 2.05) is 19.1 Å². The number of furan rings is 2. The molecule has 0 bridgehead atoms. The third-order valence-corrected chi connectivity index (χ3v) is 3.17. The zero-order chi connectivity index (χ0) is 12.0. The zero-order valence-electron chi connectivity index (χ0n) is 9.86. The molecule has 0 aliphatic heterocycles. The van der Waals surface area contributed by atoms with Gasteiger partial charge in [-0.25, -0.2) is 0 Å². The minimum absolute atomic E-state index is 0.399. The molecule has 0 aliphatic carbocycles. The van der Waals surface area contributed by atoms with E-state index < -0.39 is 6.10 Å². The summed E-state index contributed by atoms with van der Waals surface area (Å²) in [7, 11) is 0. The Hall–Kier alpha value is -1.74. The molecule has 3 aromatic rings. The third kappa shape index (κ3) is 1.46. The topological polar surface area (TPSA) is 46.5 Å². The van der Waals surface area contributed by atoms with Crippen molar-refractivity contribution in [3.05, 3.63) is 35.8 Å².